The summed E-state index contributed by atoms with van der Waals surface area (Å²) in [5, 5.41) is 3.51. The quantitative estimate of drug-likeness (QED) is 0.679. The molecule has 2 aromatic rings. The third-order valence-corrected chi connectivity index (χ3v) is 4.98. The van der Waals surface area contributed by atoms with Gasteiger partial charge in [-0.3, -0.25) is 4.79 Å². The maximum atomic E-state index is 12.4. The lowest BCUT2D eigenvalue weighted by Crippen LogP contribution is -2.51. The maximum Gasteiger partial charge on any atom is 0.251 e. The van der Waals surface area contributed by atoms with E-state index in [0.717, 1.165) is 4.90 Å². The van der Waals surface area contributed by atoms with E-state index in [0.29, 0.717) is 10.6 Å². The summed E-state index contributed by atoms with van der Waals surface area (Å²) in [6.45, 7) is 0. The monoisotopic (exact) mass is 348 g/mol. The largest absolute Gasteiger partial charge is 0.344 e. The van der Waals surface area contributed by atoms with Crippen molar-refractivity contribution in [3.8, 4) is 0 Å². The van der Waals surface area contributed by atoms with Crippen LogP contribution in [0.2, 0.25) is 5.02 Å². The molecule has 0 spiro atoms. The number of hydrazine groups is 1. The van der Waals surface area contributed by atoms with E-state index in [2.05, 4.69) is 16.2 Å². The number of carbonyl (C=O) groups is 1. The molecule has 1 aliphatic rings. The van der Waals surface area contributed by atoms with Gasteiger partial charge in [-0.05, 0) is 36.4 Å². The smallest absolute Gasteiger partial charge is 0.251 e. The molecule has 1 heterocycles. The first-order chi connectivity index (χ1) is 11.1. The van der Waals surface area contributed by atoms with Crippen molar-refractivity contribution in [3.05, 3.63) is 65.2 Å². The fourth-order valence-electron chi connectivity index (χ4n) is 2.30. The molecule has 0 radical (unpaired) electrons. The van der Waals surface area contributed by atoms with E-state index < -0.39 is 0 Å². The molecule has 0 saturated carbocycles. The molecular weight excluding hydrogens is 332 g/mol. The molecular formula is C16H17ClN4OS. The summed E-state index contributed by atoms with van der Waals surface area (Å²) in [7, 11) is 0. The number of hydrogen-bond donors (Lipinski definition) is 4. The molecule has 23 heavy (non-hydrogen) atoms. The molecule has 7 heteroatoms. The van der Waals surface area contributed by atoms with Crippen LogP contribution in [0.15, 0.2) is 59.5 Å². The first-order valence-corrected chi connectivity index (χ1v) is 8.44. The summed E-state index contributed by atoms with van der Waals surface area (Å²) >= 11 is 7.46. The minimum atomic E-state index is -0.368. The lowest BCUT2D eigenvalue weighted by molar-refractivity contribution is 0.0934. The van der Waals surface area contributed by atoms with Crippen molar-refractivity contribution >= 4 is 29.3 Å². The number of benzene rings is 2. The molecule has 5 N–H and O–H groups in total. The highest BCUT2D eigenvalue weighted by atomic mass is 35.5. The molecule has 120 valence electrons. The van der Waals surface area contributed by atoms with Crippen molar-refractivity contribution in [2.75, 3.05) is 0 Å². The van der Waals surface area contributed by atoms with Gasteiger partial charge in [0.15, 0.2) is 0 Å². The highest BCUT2D eigenvalue weighted by Gasteiger charge is 2.35. The summed E-state index contributed by atoms with van der Waals surface area (Å²) < 4.78 is 0. The number of thioether (sulfide) groups is 1. The summed E-state index contributed by atoms with van der Waals surface area (Å²) in [6.07, 6.45) is -0.368. The van der Waals surface area contributed by atoms with E-state index in [1.807, 2.05) is 30.3 Å². The molecule has 1 aliphatic heterocycles. The van der Waals surface area contributed by atoms with E-state index in [1.165, 1.54) is 0 Å². The average molecular weight is 349 g/mol. The van der Waals surface area contributed by atoms with Crippen molar-refractivity contribution < 1.29 is 4.79 Å². The van der Waals surface area contributed by atoms with E-state index in [-0.39, 0.29) is 23.5 Å². The number of amides is 1. The van der Waals surface area contributed by atoms with Gasteiger partial charge in [-0.15, -0.1) is 11.8 Å². The molecule has 1 saturated heterocycles. The van der Waals surface area contributed by atoms with Gasteiger partial charge in [-0.2, -0.15) is 0 Å². The van der Waals surface area contributed by atoms with Gasteiger partial charge in [-0.1, -0.05) is 29.8 Å². The number of halogens is 1. The molecule has 0 bridgehead atoms. The lowest BCUT2D eigenvalue weighted by atomic mass is 10.2. The molecule has 5 nitrogen and oxygen atoms in total. The molecule has 0 aliphatic carbocycles. The van der Waals surface area contributed by atoms with Crippen LogP contribution in [0.5, 0.6) is 0 Å². The third kappa shape index (κ3) is 4.04. The zero-order valence-corrected chi connectivity index (χ0v) is 13.8. The summed E-state index contributed by atoms with van der Waals surface area (Å²) in [5.41, 5.74) is 12.7. The number of carbonyl (C=O) groups excluding carboxylic acids is 1. The normalized spacial score (nSPS) is 23.7. The van der Waals surface area contributed by atoms with E-state index in [1.54, 1.807) is 36.0 Å². The van der Waals surface area contributed by atoms with E-state index in [4.69, 9.17) is 17.3 Å². The van der Waals surface area contributed by atoms with Gasteiger partial charge in [0.2, 0.25) is 0 Å². The highest BCUT2D eigenvalue weighted by Crippen LogP contribution is 2.26. The van der Waals surface area contributed by atoms with Crippen LogP contribution >= 0.6 is 23.4 Å². The summed E-state index contributed by atoms with van der Waals surface area (Å²) in [6, 6.07) is 16.5. The second-order valence-electron chi connectivity index (χ2n) is 5.17. The zero-order chi connectivity index (χ0) is 16.2. The maximum absolute atomic E-state index is 12.4. The van der Waals surface area contributed by atoms with Crippen LogP contribution in [0.25, 0.3) is 0 Å². The van der Waals surface area contributed by atoms with Gasteiger partial charge >= 0.3 is 0 Å². The van der Waals surface area contributed by atoms with Crippen LogP contribution in [0.3, 0.4) is 0 Å². The molecule has 1 amide bonds. The first kappa shape index (κ1) is 16.3. The third-order valence-electron chi connectivity index (χ3n) is 3.52. The van der Waals surface area contributed by atoms with Crippen molar-refractivity contribution in [3.63, 3.8) is 0 Å². The Bertz CT molecular complexity index is 668. The van der Waals surface area contributed by atoms with Gasteiger partial charge in [-0.25, -0.2) is 10.9 Å². The predicted molar refractivity (Wildman–Crippen MR) is 93.0 cm³/mol. The van der Waals surface area contributed by atoms with Gasteiger partial charge in [0, 0.05) is 15.5 Å². The van der Waals surface area contributed by atoms with Gasteiger partial charge in [0.05, 0.1) is 17.6 Å². The Kier molecular flexibility index (Phi) is 5.20. The van der Waals surface area contributed by atoms with Crippen molar-refractivity contribution in [2.45, 2.75) is 22.5 Å². The Morgan fingerprint density at radius 2 is 1.78 bits per heavy atom. The van der Waals surface area contributed by atoms with Gasteiger partial charge in [0.1, 0.15) is 0 Å². The lowest BCUT2D eigenvalue weighted by Gasteiger charge is -2.22. The number of rotatable bonds is 4. The number of nitrogens with two attached hydrogens (primary N) is 1. The van der Waals surface area contributed by atoms with Crippen LogP contribution in [-0.4, -0.2) is 23.5 Å². The molecule has 0 aromatic heterocycles. The Morgan fingerprint density at radius 3 is 2.48 bits per heavy atom. The highest BCUT2D eigenvalue weighted by molar-refractivity contribution is 8.00. The SMILES string of the molecule is NC1NNC(Sc2ccccc2)C1NC(=O)c1ccc(Cl)cc1. The Hall–Kier alpha value is -1.57. The van der Waals surface area contributed by atoms with Crippen LogP contribution in [0.4, 0.5) is 0 Å². The zero-order valence-electron chi connectivity index (χ0n) is 12.2. The van der Waals surface area contributed by atoms with E-state index >= 15 is 0 Å². The van der Waals surface area contributed by atoms with Gasteiger partial charge in [0.25, 0.3) is 5.91 Å². The molecule has 3 unspecified atom stereocenters. The Labute approximate surface area is 143 Å². The molecule has 1 fully saturated rings. The standard InChI is InChI=1S/C16H17ClN4OS/c17-11-8-6-10(7-9-11)15(22)19-13-14(18)20-21-16(13)23-12-4-2-1-3-5-12/h1-9,13-14,16,20-21H,18H2,(H,19,22). The van der Waals surface area contributed by atoms with Crippen molar-refractivity contribution in [2.24, 2.45) is 5.73 Å². The topological polar surface area (TPSA) is 79.2 Å². The van der Waals surface area contributed by atoms with E-state index in [9.17, 15) is 4.79 Å². The molecule has 3 atom stereocenters. The second kappa shape index (κ2) is 7.33. The van der Waals surface area contributed by atoms with Crippen LogP contribution in [0.1, 0.15) is 10.4 Å². The minimum Gasteiger partial charge on any atom is -0.344 e. The predicted octanol–water partition coefficient (Wildman–Crippen LogP) is 1.95. The number of hydrogen-bond acceptors (Lipinski definition) is 5. The first-order valence-electron chi connectivity index (χ1n) is 7.18. The average Bonchev–Trinajstić information content (AvgIpc) is 2.89. The minimum absolute atomic E-state index is 0.0661. The van der Waals surface area contributed by atoms with Crippen LogP contribution in [-0.2, 0) is 0 Å². The fourth-order valence-corrected chi connectivity index (χ4v) is 3.54. The summed E-state index contributed by atoms with van der Waals surface area (Å²) in [4.78, 5) is 13.5. The van der Waals surface area contributed by atoms with Crippen LogP contribution in [0, 0.1) is 0 Å². The van der Waals surface area contributed by atoms with Crippen molar-refractivity contribution in [1.82, 2.24) is 16.2 Å². The Morgan fingerprint density at radius 1 is 1.09 bits per heavy atom. The van der Waals surface area contributed by atoms with Crippen molar-refractivity contribution in [1.29, 1.82) is 0 Å². The fraction of sp³-hybridized carbons (Fsp3) is 0.188. The Balaban J connectivity index is 1.69. The second-order valence-corrected chi connectivity index (χ2v) is 6.82. The van der Waals surface area contributed by atoms with Crippen LogP contribution < -0.4 is 21.9 Å². The molecule has 3 rings (SSSR count). The molecule has 2 aromatic carbocycles. The van der Waals surface area contributed by atoms with Gasteiger partial charge < -0.3 is 11.1 Å². The number of nitrogens with one attached hydrogen (secondary N) is 3. The summed E-state index contributed by atoms with van der Waals surface area (Å²) in [5.74, 6) is -0.175.